The molecule has 1 aliphatic rings. The summed E-state index contributed by atoms with van der Waals surface area (Å²) in [4.78, 5) is 6.78. The Morgan fingerprint density at radius 3 is 2.95 bits per heavy atom. The average molecular weight is 298 g/mol. The van der Waals surface area contributed by atoms with Crippen LogP contribution in [0.4, 0.5) is 0 Å². The Hall–Kier alpha value is -2.07. The van der Waals surface area contributed by atoms with Crippen LogP contribution in [0.5, 0.6) is 11.5 Å². The van der Waals surface area contributed by atoms with E-state index in [0.29, 0.717) is 12.8 Å². The fraction of sp³-hybridized carbons (Fsp3) is 0.389. The van der Waals surface area contributed by atoms with Crippen LogP contribution in [0.1, 0.15) is 23.7 Å². The Morgan fingerprint density at radius 2 is 2.14 bits per heavy atom. The van der Waals surface area contributed by atoms with Crippen molar-refractivity contribution >= 4 is 0 Å². The van der Waals surface area contributed by atoms with Gasteiger partial charge < -0.3 is 9.47 Å². The Kier molecular flexibility index (Phi) is 4.29. The predicted octanol–water partition coefficient (Wildman–Crippen LogP) is 3.18. The summed E-state index contributed by atoms with van der Waals surface area (Å²) in [5.74, 6) is 1.73. The molecule has 2 aromatic rings. The van der Waals surface area contributed by atoms with Crippen molar-refractivity contribution < 1.29 is 9.47 Å². The maximum absolute atomic E-state index is 5.58. The minimum Gasteiger partial charge on any atom is -0.454 e. The third kappa shape index (κ3) is 3.22. The van der Waals surface area contributed by atoms with Gasteiger partial charge in [-0.15, -0.1) is 0 Å². The smallest absolute Gasteiger partial charge is 0.231 e. The largest absolute Gasteiger partial charge is 0.454 e. The molecule has 0 radical (unpaired) electrons. The molecule has 0 unspecified atom stereocenters. The molecule has 0 amide bonds. The highest BCUT2D eigenvalue weighted by molar-refractivity contribution is 5.48. The van der Waals surface area contributed by atoms with E-state index in [0.717, 1.165) is 30.2 Å². The molecule has 0 bridgehead atoms. The molecule has 116 valence electrons. The highest BCUT2D eigenvalue weighted by Crippen LogP contribution is 2.35. The predicted molar refractivity (Wildman–Crippen MR) is 86.2 cm³/mol. The molecule has 1 aliphatic heterocycles. The van der Waals surface area contributed by atoms with Gasteiger partial charge in [-0.25, -0.2) is 0 Å². The Labute approximate surface area is 131 Å². The van der Waals surface area contributed by atoms with Crippen LogP contribution >= 0.6 is 0 Å². The van der Waals surface area contributed by atoms with Crippen LogP contribution in [0.3, 0.4) is 0 Å². The van der Waals surface area contributed by atoms with Gasteiger partial charge in [-0.1, -0.05) is 12.1 Å². The lowest BCUT2D eigenvalue weighted by Gasteiger charge is -2.25. The zero-order chi connectivity index (χ0) is 15.5. The fourth-order valence-electron chi connectivity index (χ4n) is 2.71. The molecule has 1 atom stereocenters. The van der Waals surface area contributed by atoms with Gasteiger partial charge >= 0.3 is 0 Å². The fourth-order valence-corrected chi connectivity index (χ4v) is 2.71. The highest BCUT2D eigenvalue weighted by atomic mass is 16.7. The van der Waals surface area contributed by atoms with Gasteiger partial charge in [0, 0.05) is 36.5 Å². The van der Waals surface area contributed by atoms with Crippen molar-refractivity contribution in [2.24, 2.45) is 0 Å². The van der Waals surface area contributed by atoms with Gasteiger partial charge in [0.05, 0.1) is 0 Å². The molecule has 0 saturated heterocycles. The van der Waals surface area contributed by atoms with Crippen molar-refractivity contribution in [3.05, 3.63) is 53.3 Å². The molecule has 4 heteroatoms. The molecule has 0 fully saturated rings. The van der Waals surface area contributed by atoms with Crippen LogP contribution in [0.2, 0.25) is 0 Å². The normalized spacial score (nSPS) is 14.4. The first-order chi connectivity index (χ1) is 10.6. The molecule has 0 spiro atoms. The summed E-state index contributed by atoms with van der Waals surface area (Å²) >= 11 is 0. The molecule has 4 nitrogen and oxygen atoms in total. The van der Waals surface area contributed by atoms with Gasteiger partial charge in [-0.3, -0.25) is 9.88 Å². The number of fused-ring (bicyclic) bond motifs is 1. The maximum Gasteiger partial charge on any atom is 0.231 e. The van der Waals surface area contributed by atoms with Gasteiger partial charge in [-0.2, -0.15) is 0 Å². The quantitative estimate of drug-likeness (QED) is 0.849. The van der Waals surface area contributed by atoms with E-state index < -0.39 is 0 Å². The summed E-state index contributed by atoms with van der Waals surface area (Å²) in [7, 11) is 2.13. The van der Waals surface area contributed by atoms with Crippen LogP contribution in [0, 0.1) is 6.92 Å². The molecule has 0 N–H and O–H groups in total. The second kappa shape index (κ2) is 6.36. The minimum atomic E-state index is 0.318. The van der Waals surface area contributed by atoms with Gasteiger partial charge in [-0.05, 0) is 44.7 Å². The number of likely N-dealkylation sites (N-methyl/N-ethyl adjacent to an activating group) is 1. The molecule has 1 aromatic heterocycles. The van der Waals surface area contributed by atoms with Crippen molar-refractivity contribution in [3.63, 3.8) is 0 Å². The van der Waals surface area contributed by atoms with Gasteiger partial charge in [0.15, 0.2) is 11.5 Å². The first kappa shape index (κ1) is 14.9. The lowest BCUT2D eigenvalue weighted by Crippen LogP contribution is -2.30. The van der Waals surface area contributed by atoms with Crippen molar-refractivity contribution in [3.8, 4) is 11.5 Å². The number of hydrogen-bond donors (Lipinski definition) is 0. The first-order valence-electron chi connectivity index (χ1n) is 7.63. The third-order valence-electron chi connectivity index (χ3n) is 4.13. The Balaban J connectivity index is 1.67. The number of aryl methyl sites for hydroxylation is 1. The maximum atomic E-state index is 5.58. The zero-order valence-corrected chi connectivity index (χ0v) is 13.4. The number of para-hydroxylation sites is 1. The summed E-state index contributed by atoms with van der Waals surface area (Å²) in [5.41, 5.74) is 3.56. The number of ether oxygens (including phenoxy) is 2. The molecule has 2 heterocycles. The van der Waals surface area contributed by atoms with Crippen LogP contribution in [0.15, 0.2) is 36.5 Å². The summed E-state index contributed by atoms with van der Waals surface area (Å²) in [6.07, 6.45) is 2.82. The van der Waals surface area contributed by atoms with E-state index in [4.69, 9.17) is 9.47 Å². The van der Waals surface area contributed by atoms with E-state index in [1.54, 1.807) is 0 Å². The second-order valence-electron chi connectivity index (χ2n) is 5.94. The number of rotatable bonds is 5. The van der Waals surface area contributed by atoms with Crippen molar-refractivity contribution in [2.45, 2.75) is 32.9 Å². The molecular formula is C18H22N2O2. The van der Waals surface area contributed by atoms with Gasteiger partial charge in [0.2, 0.25) is 6.79 Å². The molecule has 0 saturated carbocycles. The number of nitrogens with zero attached hydrogens (tertiary/aromatic N) is 2. The molecular weight excluding hydrogens is 276 g/mol. The van der Waals surface area contributed by atoms with Crippen molar-refractivity contribution in [2.75, 3.05) is 13.8 Å². The topological polar surface area (TPSA) is 34.6 Å². The summed E-state index contributed by atoms with van der Waals surface area (Å²) in [6.45, 7) is 5.48. The second-order valence-corrected chi connectivity index (χ2v) is 5.94. The van der Waals surface area contributed by atoms with Crippen molar-refractivity contribution in [1.29, 1.82) is 0 Å². The van der Waals surface area contributed by atoms with Crippen LogP contribution in [0.25, 0.3) is 0 Å². The van der Waals surface area contributed by atoms with Crippen LogP contribution in [-0.2, 0) is 13.0 Å². The van der Waals surface area contributed by atoms with Crippen molar-refractivity contribution in [1.82, 2.24) is 9.88 Å². The molecule has 1 aromatic carbocycles. The standard InChI is InChI=1S/C18H22N2O2/c1-13-7-8-19-16(9-13)10-14(2)20(3)11-15-5-4-6-17-18(15)22-12-21-17/h4-9,14H,10-12H2,1-3H3/t14-/m1/s1. The number of pyridine rings is 1. The van der Waals surface area contributed by atoms with E-state index in [1.165, 1.54) is 11.1 Å². The van der Waals surface area contributed by atoms with Crippen LogP contribution < -0.4 is 9.47 Å². The summed E-state index contributed by atoms with van der Waals surface area (Å²) < 4.78 is 11.0. The minimum absolute atomic E-state index is 0.318. The molecule has 22 heavy (non-hydrogen) atoms. The SMILES string of the molecule is Cc1ccnc(C[C@@H](C)N(C)Cc2cccc3c2OCO3)c1. The summed E-state index contributed by atoms with van der Waals surface area (Å²) in [6, 6.07) is 10.6. The zero-order valence-electron chi connectivity index (χ0n) is 13.4. The Bertz CT molecular complexity index is 657. The van der Waals surface area contributed by atoms with E-state index in [-0.39, 0.29) is 0 Å². The third-order valence-corrected chi connectivity index (χ3v) is 4.13. The van der Waals surface area contributed by atoms with E-state index >= 15 is 0 Å². The summed E-state index contributed by atoms with van der Waals surface area (Å²) in [5, 5.41) is 0. The van der Waals surface area contributed by atoms with Gasteiger partial charge in [0.1, 0.15) is 0 Å². The van der Waals surface area contributed by atoms with E-state index in [2.05, 4.69) is 42.9 Å². The highest BCUT2D eigenvalue weighted by Gasteiger charge is 2.19. The lowest BCUT2D eigenvalue weighted by molar-refractivity contribution is 0.171. The van der Waals surface area contributed by atoms with E-state index in [9.17, 15) is 0 Å². The van der Waals surface area contributed by atoms with Gasteiger partial charge in [0.25, 0.3) is 0 Å². The number of aromatic nitrogens is 1. The Morgan fingerprint density at radius 1 is 1.27 bits per heavy atom. The average Bonchev–Trinajstić information content (AvgIpc) is 2.96. The first-order valence-corrected chi connectivity index (χ1v) is 7.63. The molecule has 3 rings (SSSR count). The lowest BCUT2D eigenvalue weighted by atomic mass is 10.1. The van der Waals surface area contributed by atoms with Crippen LogP contribution in [-0.4, -0.2) is 29.8 Å². The van der Waals surface area contributed by atoms with E-state index in [1.807, 2.05) is 24.4 Å². The number of hydrogen-bond acceptors (Lipinski definition) is 4. The monoisotopic (exact) mass is 298 g/mol. The number of benzene rings is 1. The molecule has 0 aliphatic carbocycles.